The zero-order valence-electron chi connectivity index (χ0n) is 8.35. The molecule has 0 bridgehead atoms. The average molecular weight is 229 g/mol. The molecular formula is C13H8FNS. The number of fused-ring (bicyclic) bond motifs is 1. The van der Waals surface area contributed by atoms with E-state index in [-0.39, 0.29) is 5.82 Å². The first-order valence-corrected chi connectivity index (χ1v) is 5.72. The molecule has 0 N–H and O–H groups in total. The summed E-state index contributed by atoms with van der Waals surface area (Å²) in [7, 11) is 0. The summed E-state index contributed by atoms with van der Waals surface area (Å²) in [4.78, 5) is 0. The van der Waals surface area contributed by atoms with E-state index in [0.717, 1.165) is 21.3 Å². The molecule has 16 heavy (non-hydrogen) atoms. The Bertz CT molecular complexity index is 645. The predicted molar refractivity (Wildman–Crippen MR) is 65.0 cm³/mol. The number of benzene rings is 2. The second-order valence-corrected chi connectivity index (χ2v) is 4.34. The summed E-state index contributed by atoms with van der Waals surface area (Å²) < 4.78 is 18.6. The Balaban J connectivity index is 2.26. The van der Waals surface area contributed by atoms with Crippen molar-refractivity contribution in [2.75, 3.05) is 0 Å². The summed E-state index contributed by atoms with van der Waals surface area (Å²) in [6.07, 6.45) is 0. The van der Waals surface area contributed by atoms with E-state index in [1.165, 1.54) is 23.7 Å². The van der Waals surface area contributed by atoms with Crippen LogP contribution in [-0.4, -0.2) is 4.37 Å². The van der Waals surface area contributed by atoms with Crippen molar-refractivity contribution >= 4 is 21.6 Å². The SMILES string of the molecule is Fc1cccc(-c2nsc3ccccc23)c1. The highest BCUT2D eigenvalue weighted by atomic mass is 32.1. The molecule has 3 rings (SSSR count). The van der Waals surface area contributed by atoms with E-state index < -0.39 is 0 Å². The topological polar surface area (TPSA) is 12.9 Å². The van der Waals surface area contributed by atoms with Gasteiger partial charge in [0.1, 0.15) is 5.82 Å². The molecule has 0 saturated heterocycles. The van der Waals surface area contributed by atoms with Crippen molar-refractivity contribution in [2.24, 2.45) is 0 Å². The fourth-order valence-electron chi connectivity index (χ4n) is 1.73. The molecule has 0 saturated carbocycles. The van der Waals surface area contributed by atoms with Gasteiger partial charge in [0.05, 0.1) is 10.4 Å². The first-order chi connectivity index (χ1) is 7.84. The summed E-state index contributed by atoms with van der Waals surface area (Å²) >= 11 is 1.44. The minimum atomic E-state index is -0.227. The number of nitrogens with zero attached hydrogens (tertiary/aromatic N) is 1. The monoisotopic (exact) mass is 229 g/mol. The predicted octanol–water partition coefficient (Wildman–Crippen LogP) is 4.10. The van der Waals surface area contributed by atoms with E-state index in [9.17, 15) is 4.39 Å². The van der Waals surface area contributed by atoms with Gasteiger partial charge in [-0.3, -0.25) is 0 Å². The van der Waals surface area contributed by atoms with Crippen LogP contribution in [0.1, 0.15) is 0 Å². The van der Waals surface area contributed by atoms with Gasteiger partial charge < -0.3 is 0 Å². The van der Waals surface area contributed by atoms with Crippen molar-refractivity contribution in [3.05, 3.63) is 54.3 Å². The molecular weight excluding hydrogens is 221 g/mol. The van der Waals surface area contributed by atoms with Crippen LogP contribution in [-0.2, 0) is 0 Å². The molecule has 0 radical (unpaired) electrons. The third kappa shape index (κ3) is 1.49. The minimum Gasteiger partial charge on any atom is -0.207 e. The van der Waals surface area contributed by atoms with Crippen molar-refractivity contribution < 1.29 is 4.39 Å². The fourth-order valence-corrected chi connectivity index (χ4v) is 2.53. The van der Waals surface area contributed by atoms with Gasteiger partial charge in [0.25, 0.3) is 0 Å². The van der Waals surface area contributed by atoms with Gasteiger partial charge >= 0.3 is 0 Å². The summed E-state index contributed by atoms with van der Waals surface area (Å²) in [5.41, 5.74) is 1.69. The molecule has 78 valence electrons. The highest BCUT2D eigenvalue weighted by Crippen LogP contribution is 2.30. The number of hydrogen-bond donors (Lipinski definition) is 0. The summed E-state index contributed by atoms with van der Waals surface area (Å²) in [6, 6.07) is 14.5. The number of hydrogen-bond acceptors (Lipinski definition) is 2. The number of aromatic nitrogens is 1. The van der Waals surface area contributed by atoms with Gasteiger partial charge in [-0.05, 0) is 29.7 Å². The zero-order valence-corrected chi connectivity index (χ0v) is 9.17. The molecule has 0 spiro atoms. The van der Waals surface area contributed by atoms with E-state index in [1.54, 1.807) is 6.07 Å². The molecule has 0 aliphatic rings. The molecule has 3 heteroatoms. The largest absolute Gasteiger partial charge is 0.207 e. The lowest BCUT2D eigenvalue weighted by atomic mass is 10.1. The Morgan fingerprint density at radius 2 is 1.88 bits per heavy atom. The Morgan fingerprint density at radius 3 is 2.75 bits per heavy atom. The van der Waals surface area contributed by atoms with E-state index in [2.05, 4.69) is 4.37 Å². The Labute approximate surface area is 96.3 Å². The quantitative estimate of drug-likeness (QED) is 0.612. The van der Waals surface area contributed by atoms with Crippen LogP contribution in [0.25, 0.3) is 21.3 Å². The lowest BCUT2D eigenvalue weighted by Crippen LogP contribution is -1.79. The van der Waals surface area contributed by atoms with Crippen molar-refractivity contribution in [3.8, 4) is 11.3 Å². The van der Waals surface area contributed by atoms with Gasteiger partial charge in [0, 0.05) is 10.9 Å². The molecule has 1 heterocycles. The normalized spacial score (nSPS) is 10.8. The van der Waals surface area contributed by atoms with Gasteiger partial charge in [0.15, 0.2) is 0 Å². The van der Waals surface area contributed by atoms with Crippen molar-refractivity contribution in [2.45, 2.75) is 0 Å². The second-order valence-electron chi connectivity index (χ2n) is 3.54. The second kappa shape index (κ2) is 3.68. The van der Waals surface area contributed by atoms with E-state index in [4.69, 9.17) is 0 Å². The van der Waals surface area contributed by atoms with Crippen LogP contribution >= 0.6 is 11.5 Å². The molecule has 0 unspecified atom stereocenters. The zero-order chi connectivity index (χ0) is 11.0. The molecule has 0 atom stereocenters. The van der Waals surface area contributed by atoms with Gasteiger partial charge in [-0.25, -0.2) is 4.39 Å². The Morgan fingerprint density at radius 1 is 1.00 bits per heavy atom. The molecule has 0 amide bonds. The molecule has 2 aromatic carbocycles. The lowest BCUT2D eigenvalue weighted by molar-refractivity contribution is 0.628. The van der Waals surface area contributed by atoms with Gasteiger partial charge in [-0.1, -0.05) is 30.3 Å². The van der Waals surface area contributed by atoms with Crippen molar-refractivity contribution in [3.63, 3.8) is 0 Å². The van der Waals surface area contributed by atoms with Crippen LogP contribution in [0.2, 0.25) is 0 Å². The Kier molecular flexibility index (Phi) is 2.18. The van der Waals surface area contributed by atoms with Crippen LogP contribution in [0.15, 0.2) is 48.5 Å². The molecule has 0 aliphatic heterocycles. The molecule has 1 aromatic heterocycles. The van der Waals surface area contributed by atoms with Crippen molar-refractivity contribution in [1.29, 1.82) is 0 Å². The number of halogens is 1. The lowest BCUT2D eigenvalue weighted by Gasteiger charge is -1.97. The maximum atomic E-state index is 13.1. The third-order valence-electron chi connectivity index (χ3n) is 2.48. The number of rotatable bonds is 1. The highest BCUT2D eigenvalue weighted by Gasteiger charge is 2.07. The van der Waals surface area contributed by atoms with Crippen LogP contribution in [0.4, 0.5) is 4.39 Å². The Hall–Kier alpha value is -1.74. The highest BCUT2D eigenvalue weighted by molar-refractivity contribution is 7.13. The fraction of sp³-hybridized carbons (Fsp3) is 0. The van der Waals surface area contributed by atoms with E-state index in [1.807, 2.05) is 30.3 Å². The van der Waals surface area contributed by atoms with Crippen LogP contribution in [0, 0.1) is 5.82 Å². The summed E-state index contributed by atoms with van der Waals surface area (Å²) in [6.45, 7) is 0. The maximum absolute atomic E-state index is 13.1. The van der Waals surface area contributed by atoms with Gasteiger partial charge in [0.2, 0.25) is 0 Å². The standard InChI is InChI=1S/C13H8FNS/c14-10-5-3-4-9(8-10)13-11-6-1-2-7-12(11)16-15-13/h1-8H. The molecule has 1 nitrogen and oxygen atoms in total. The summed E-state index contributed by atoms with van der Waals surface area (Å²) in [5, 5.41) is 1.08. The third-order valence-corrected chi connectivity index (χ3v) is 3.30. The van der Waals surface area contributed by atoms with Crippen LogP contribution < -0.4 is 0 Å². The van der Waals surface area contributed by atoms with E-state index in [0.29, 0.717) is 0 Å². The summed E-state index contributed by atoms with van der Waals surface area (Å²) in [5.74, 6) is -0.227. The van der Waals surface area contributed by atoms with Crippen LogP contribution in [0.5, 0.6) is 0 Å². The molecule has 0 fully saturated rings. The van der Waals surface area contributed by atoms with Gasteiger partial charge in [-0.2, -0.15) is 4.37 Å². The first-order valence-electron chi connectivity index (χ1n) is 4.95. The first kappa shape index (κ1) is 9.48. The molecule has 0 aliphatic carbocycles. The smallest absolute Gasteiger partial charge is 0.123 e. The minimum absolute atomic E-state index is 0.227. The van der Waals surface area contributed by atoms with Crippen LogP contribution in [0.3, 0.4) is 0 Å². The van der Waals surface area contributed by atoms with Crippen molar-refractivity contribution in [1.82, 2.24) is 4.37 Å². The van der Waals surface area contributed by atoms with Gasteiger partial charge in [-0.15, -0.1) is 0 Å². The molecule has 3 aromatic rings. The van der Waals surface area contributed by atoms with E-state index >= 15 is 0 Å². The maximum Gasteiger partial charge on any atom is 0.123 e. The average Bonchev–Trinajstić information content (AvgIpc) is 2.72.